The number of amides is 1. The van der Waals surface area contributed by atoms with Gasteiger partial charge in [0.05, 0.1) is 20.8 Å². The molecule has 33 heavy (non-hydrogen) atoms. The third kappa shape index (κ3) is 5.64. The lowest BCUT2D eigenvalue weighted by atomic mass is 9.93. The van der Waals surface area contributed by atoms with Crippen LogP contribution in [-0.2, 0) is 13.0 Å². The molecular weight excluding hydrogens is 410 g/mol. The Kier molecular flexibility index (Phi) is 8.31. The van der Waals surface area contributed by atoms with E-state index in [-0.39, 0.29) is 5.91 Å². The van der Waals surface area contributed by atoms with Crippen LogP contribution >= 0.6 is 0 Å². The third-order valence-corrected chi connectivity index (χ3v) is 5.69. The number of hydrogen-bond acceptors (Lipinski definition) is 3. The molecule has 0 spiro atoms. The summed E-state index contributed by atoms with van der Waals surface area (Å²) in [6, 6.07) is 21.9. The van der Waals surface area contributed by atoms with Crippen LogP contribution in [0.3, 0.4) is 0 Å². The van der Waals surface area contributed by atoms with E-state index in [2.05, 4.69) is 18.2 Å². The highest BCUT2D eigenvalue weighted by molar-refractivity contribution is 5.96. The van der Waals surface area contributed by atoms with Gasteiger partial charge in [-0.05, 0) is 66.8 Å². The van der Waals surface area contributed by atoms with Gasteiger partial charge in [0.15, 0.2) is 11.5 Å². The summed E-state index contributed by atoms with van der Waals surface area (Å²) in [5, 5.41) is 0. The number of fused-ring (bicyclic) bond motifs is 1. The minimum atomic E-state index is 0.0130. The van der Waals surface area contributed by atoms with E-state index in [1.54, 1.807) is 14.2 Å². The number of carbonyl (C=O) groups is 1. The van der Waals surface area contributed by atoms with E-state index in [4.69, 9.17) is 9.47 Å². The van der Waals surface area contributed by atoms with Crippen LogP contribution in [-0.4, -0.2) is 25.0 Å². The van der Waals surface area contributed by atoms with Crippen LogP contribution in [0.15, 0.2) is 72.4 Å². The predicted octanol–water partition coefficient (Wildman–Crippen LogP) is 6.67. The molecule has 0 heterocycles. The van der Waals surface area contributed by atoms with Crippen molar-refractivity contribution in [1.82, 2.24) is 4.90 Å². The van der Waals surface area contributed by atoms with Crippen LogP contribution in [0.25, 0.3) is 6.08 Å². The fourth-order valence-electron chi connectivity index (χ4n) is 3.94. The summed E-state index contributed by atoms with van der Waals surface area (Å²) in [6.45, 7) is 6.56. The Morgan fingerprint density at radius 3 is 2.15 bits per heavy atom. The number of ether oxygens (including phenoxy) is 2. The number of aryl methyl sites for hydroxylation is 2. The molecule has 1 aliphatic rings. The van der Waals surface area contributed by atoms with Crippen molar-refractivity contribution in [2.75, 3.05) is 14.2 Å². The molecule has 1 amide bonds. The van der Waals surface area contributed by atoms with Crippen molar-refractivity contribution in [3.05, 3.63) is 100 Å². The van der Waals surface area contributed by atoms with Gasteiger partial charge in [0, 0.05) is 11.3 Å². The minimum Gasteiger partial charge on any atom is -0.493 e. The highest BCUT2D eigenvalue weighted by atomic mass is 16.5. The Morgan fingerprint density at radius 1 is 0.879 bits per heavy atom. The van der Waals surface area contributed by atoms with Crippen molar-refractivity contribution in [3.63, 3.8) is 0 Å². The van der Waals surface area contributed by atoms with Crippen LogP contribution in [0.1, 0.15) is 52.9 Å². The number of hydrogen-bond donors (Lipinski definition) is 0. The number of nitrogens with zero attached hydrogens (tertiary/aromatic N) is 1. The van der Waals surface area contributed by atoms with E-state index in [0.29, 0.717) is 17.9 Å². The lowest BCUT2D eigenvalue weighted by Gasteiger charge is -2.29. The topological polar surface area (TPSA) is 38.8 Å². The fourth-order valence-corrected chi connectivity index (χ4v) is 3.94. The normalized spacial score (nSPS) is 12.0. The highest BCUT2D eigenvalue weighted by Gasteiger charge is 2.24. The first-order valence-corrected chi connectivity index (χ1v) is 11.5. The smallest absolute Gasteiger partial charge is 0.258 e. The molecule has 0 aliphatic heterocycles. The lowest BCUT2D eigenvalue weighted by molar-refractivity contribution is 0.0792. The average molecular weight is 444 g/mol. The quantitative estimate of drug-likeness (QED) is 0.427. The molecule has 0 saturated carbocycles. The van der Waals surface area contributed by atoms with Crippen LogP contribution in [0.2, 0.25) is 0 Å². The third-order valence-electron chi connectivity index (χ3n) is 5.69. The van der Waals surface area contributed by atoms with Crippen LogP contribution < -0.4 is 9.47 Å². The highest BCUT2D eigenvalue weighted by Crippen LogP contribution is 2.36. The molecule has 0 bridgehead atoms. The van der Waals surface area contributed by atoms with Gasteiger partial charge in [0.25, 0.3) is 5.91 Å². The SMILES string of the molecule is CC.COc1cc2c(cc1OC)CCC(N(Cc1ccccc1)C(=O)c1ccc(C)cc1)=C2. The standard InChI is InChI=1S/C27H27NO3.C2H6/c1-19-9-11-21(12-10-19)27(29)28(18-20-7-5-4-6-8-20)24-14-13-22-16-25(30-2)26(31-3)17-23(22)15-24;1-2/h4-12,15-17H,13-14,18H2,1-3H3;1-2H3. The van der Waals surface area contributed by atoms with Gasteiger partial charge in [0.2, 0.25) is 0 Å². The molecule has 4 rings (SSSR count). The largest absolute Gasteiger partial charge is 0.493 e. The Bertz CT molecular complexity index is 1100. The van der Waals surface area contributed by atoms with Gasteiger partial charge in [-0.25, -0.2) is 0 Å². The Labute approximate surface area is 197 Å². The van der Waals surface area contributed by atoms with E-state index in [0.717, 1.165) is 41.0 Å². The molecule has 172 valence electrons. The lowest BCUT2D eigenvalue weighted by Crippen LogP contribution is -2.31. The van der Waals surface area contributed by atoms with Crippen LogP contribution in [0.5, 0.6) is 11.5 Å². The summed E-state index contributed by atoms with van der Waals surface area (Å²) in [4.78, 5) is 15.4. The van der Waals surface area contributed by atoms with Crippen molar-refractivity contribution in [2.24, 2.45) is 0 Å². The molecule has 0 aromatic heterocycles. The molecule has 0 radical (unpaired) electrons. The first kappa shape index (κ1) is 24.1. The van der Waals surface area contributed by atoms with Crippen molar-refractivity contribution < 1.29 is 14.3 Å². The van der Waals surface area contributed by atoms with Gasteiger partial charge in [-0.2, -0.15) is 0 Å². The number of methoxy groups -OCH3 is 2. The zero-order valence-electron chi connectivity index (χ0n) is 20.2. The first-order chi connectivity index (χ1) is 16.1. The molecule has 1 aliphatic carbocycles. The summed E-state index contributed by atoms with van der Waals surface area (Å²) < 4.78 is 10.9. The van der Waals surface area contributed by atoms with Gasteiger partial charge in [0.1, 0.15) is 0 Å². The van der Waals surface area contributed by atoms with E-state index in [9.17, 15) is 4.79 Å². The molecule has 3 aromatic rings. The molecule has 0 atom stereocenters. The number of allylic oxidation sites excluding steroid dienone is 1. The van der Waals surface area contributed by atoms with Crippen LogP contribution in [0, 0.1) is 6.92 Å². The average Bonchev–Trinajstić information content (AvgIpc) is 2.88. The zero-order valence-corrected chi connectivity index (χ0v) is 20.2. The van der Waals surface area contributed by atoms with Gasteiger partial charge in [-0.3, -0.25) is 4.79 Å². The Balaban J connectivity index is 0.00000149. The maximum absolute atomic E-state index is 13.5. The maximum atomic E-state index is 13.5. The maximum Gasteiger partial charge on any atom is 0.258 e. The molecule has 0 unspecified atom stereocenters. The predicted molar refractivity (Wildman–Crippen MR) is 135 cm³/mol. The Morgan fingerprint density at radius 2 is 1.52 bits per heavy atom. The van der Waals surface area contributed by atoms with Gasteiger partial charge in [-0.1, -0.05) is 61.9 Å². The summed E-state index contributed by atoms with van der Waals surface area (Å²) in [6.07, 6.45) is 3.73. The monoisotopic (exact) mass is 443 g/mol. The molecule has 4 nitrogen and oxygen atoms in total. The van der Waals surface area contributed by atoms with Crippen molar-refractivity contribution in [3.8, 4) is 11.5 Å². The van der Waals surface area contributed by atoms with E-state index < -0.39 is 0 Å². The van der Waals surface area contributed by atoms with Crippen LogP contribution in [0.4, 0.5) is 0 Å². The first-order valence-electron chi connectivity index (χ1n) is 11.5. The molecule has 0 saturated heterocycles. The van der Waals surface area contributed by atoms with Crippen molar-refractivity contribution in [1.29, 1.82) is 0 Å². The van der Waals surface area contributed by atoms with Gasteiger partial charge >= 0.3 is 0 Å². The zero-order chi connectivity index (χ0) is 23.8. The minimum absolute atomic E-state index is 0.0130. The second kappa shape index (κ2) is 11.4. The molecular formula is C29H33NO3. The van der Waals surface area contributed by atoms with Crippen molar-refractivity contribution in [2.45, 2.75) is 40.2 Å². The summed E-state index contributed by atoms with van der Waals surface area (Å²) in [5.41, 5.74) is 6.20. The Hall–Kier alpha value is -3.53. The van der Waals surface area contributed by atoms with Crippen molar-refractivity contribution >= 4 is 12.0 Å². The number of carbonyl (C=O) groups excluding carboxylic acids is 1. The number of benzene rings is 3. The second-order valence-corrected chi connectivity index (χ2v) is 7.78. The van der Waals surface area contributed by atoms with E-state index >= 15 is 0 Å². The summed E-state index contributed by atoms with van der Waals surface area (Å²) in [5.74, 6) is 1.44. The fraction of sp³-hybridized carbons (Fsp3) is 0.276. The summed E-state index contributed by atoms with van der Waals surface area (Å²) >= 11 is 0. The second-order valence-electron chi connectivity index (χ2n) is 7.78. The molecule has 0 fully saturated rings. The van der Waals surface area contributed by atoms with Gasteiger partial charge in [-0.15, -0.1) is 0 Å². The van der Waals surface area contributed by atoms with E-state index in [1.807, 2.05) is 80.3 Å². The molecule has 3 aromatic carbocycles. The van der Waals surface area contributed by atoms with Gasteiger partial charge < -0.3 is 14.4 Å². The number of rotatable bonds is 6. The van der Waals surface area contributed by atoms with E-state index in [1.165, 1.54) is 5.56 Å². The molecule has 0 N–H and O–H groups in total. The summed E-state index contributed by atoms with van der Waals surface area (Å²) in [7, 11) is 3.29. The molecule has 4 heteroatoms.